The van der Waals surface area contributed by atoms with E-state index in [4.69, 9.17) is 9.47 Å². The van der Waals surface area contributed by atoms with E-state index in [0.717, 1.165) is 41.5 Å². The Morgan fingerprint density at radius 1 is 0.828 bits per heavy atom. The normalized spacial score (nSPS) is 10.6. The van der Waals surface area contributed by atoms with Crippen LogP contribution in [0.4, 0.5) is 9.18 Å². The average Bonchev–Trinajstić information content (AvgIpc) is 2.73. The maximum atomic E-state index is 14.5. The molecular weight excluding hydrogens is 367 g/mol. The number of carbonyl (C=O) groups excluding carboxylic acids is 1. The number of rotatable bonds is 7. The van der Waals surface area contributed by atoms with Gasteiger partial charge in [0.1, 0.15) is 11.6 Å². The first-order valence-electron chi connectivity index (χ1n) is 9.94. The molecule has 0 saturated heterocycles. The molecule has 0 spiro atoms. The molecule has 150 valence electrons. The lowest BCUT2D eigenvalue weighted by Crippen LogP contribution is -2.10. The largest absolute Gasteiger partial charge is 0.513 e. The number of halogens is 1. The minimum Gasteiger partial charge on any atom is -0.434 e. The van der Waals surface area contributed by atoms with Crippen LogP contribution in [0.1, 0.15) is 32.3 Å². The molecule has 0 unspecified atom stereocenters. The minimum absolute atomic E-state index is 0.194. The number of aryl methyl sites for hydroxylation is 1. The standard InChI is InChI=1S/C25H25FO3/c1-3-5-18-6-15-23(24(26)17-18)21-9-7-19(8-10-21)20-11-13-22(14-12-20)29-25(27)28-16-4-2/h6-15,17H,3-5,16H2,1-2H3. The highest BCUT2D eigenvalue weighted by Crippen LogP contribution is 2.28. The molecule has 0 heterocycles. The second kappa shape index (κ2) is 9.87. The topological polar surface area (TPSA) is 35.5 Å². The zero-order valence-corrected chi connectivity index (χ0v) is 16.8. The van der Waals surface area contributed by atoms with Crippen molar-refractivity contribution in [2.75, 3.05) is 6.61 Å². The van der Waals surface area contributed by atoms with E-state index in [1.165, 1.54) is 0 Å². The monoisotopic (exact) mass is 392 g/mol. The Bertz CT molecular complexity index is 947. The molecule has 0 atom stereocenters. The first-order valence-corrected chi connectivity index (χ1v) is 9.94. The molecule has 3 rings (SSSR count). The Labute approximate surface area is 171 Å². The van der Waals surface area contributed by atoms with Gasteiger partial charge < -0.3 is 9.47 Å². The summed E-state index contributed by atoms with van der Waals surface area (Å²) in [6.45, 7) is 4.34. The van der Waals surface area contributed by atoms with Gasteiger partial charge in [-0.3, -0.25) is 0 Å². The summed E-state index contributed by atoms with van der Waals surface area (Å²) in [6, 6.07) is 20.4. The van der Waals surface area contributed by atoms with Crippen LogP contribution in [0.25, 0.3) is 22.3 Å². The zero-order chi connectivity index (χ0) is 20.6. The predicted octanol–water partition coefficient (Wildman–Crippen LogP) is 7.04. The summed E-state index contributed by atoms with van der Waals surface area (Å²) in [4.78, 5) is 11.5. The quantitative estimate of drug-likeness (QED) is 0.320. The second-order valence-electron chi connectivity index (χ2n) is 6.87. The highest BCUT2D eigenvalue weighted by atomic mass is 19.1. The smallest absolute Gasteiger partial charge is 0.434 e. The van der Waals surface area contributed by atoms with Crippen molar-refractivity contribution in [1.29, 1.82) is 0 Å². The highest BCUT2D eigenvalue weighted by molar-refractivity contribution is 5.71. The van der Waals surface area contributed by atoms with Gasteiger partial charge in [-0.1, -0.05) is 68.8 Å². The molecule has 0 N–H and O–H groups in total. The van der Waals surface area contributed by atoms with Crippen LogP contribution in [-0.4, -0.2) is 12.8 Å². The zero-order valence-electron chi connectivity index (χ0n) is 16.8. The van der Waals surface area contributed by atoms with Gasteiger partial charge in [-0.15, -0.1) is 0 Å². The van der Waals surface area contributed by atoms with Gasteiger partial charge in [-0.2, -0.15) is 0 Å². The molecule has 0 aliphatic carbocycles. The summed E-state index contributed by atoms with van der Waals surface area (Å²) in [7, 11) is 0. The van der Waals surface area contributed by atoms with Crippen molar-refractivity contribution in [2.45, 2.75) is 33.1 Å². The van der Waals surface area contributed by atoms with Gasteiger partial charge in [0.2, 0.25) is 0 Å². The van der Waals surface area contributed by atoms with E-state index in [-0.39, 0.29) is 5.82 Å². The Morgan fingerprint density at radius 2 is 1.45 bits per heavy atom. The fourth-order valence-corrected chi connectivity index (χ4v) is 3.11. The summed E-state index contributed by atoms with van der Waals surface area (Å²) in [5, 5.41) is 0. The number of carbonyl (C=O) groups is 1. The Balaban J connectivity index is 1.71. The third-order valence-electron chi connectivity index (χ3n) is 4.58. The lowest BCUT2D eigenvalue weighted by molar-refractivity contribution is 0.0992. The van der Waals surface area contributed by atoms with Crippen molar-refractivity contribution in [1.82, 2.24) is 0 Å². The molecule has 3 aromatic carbocycles. The van der Waals surface area contributed by atoms with Crippen molar-refractivity contribution < 1.29 is 18.7 Å². The van der Waals surface area contributed by atoms with Gasteiger partial charge >= 0.3 is 6.16 Å². The third-order valence-corrected chi connectivity index (χ3v) is 4.58. The summed E-state index contributed by atoms with van der Waals surface area (Å²) < 4.78 is 24.5. The van der Waals surface area contributed by atoms with Gasteiger partial charge in [0.25, 0.3) is 0 Å². The Hall–Kier alpha value is -3.14. The molecule has 0 bridgehead atoms. The summed E-state index contributed by atoms with van der Waals surface area (Å²) in [6.07, 6.45) is 1.93. The van der Waals surface area contributed by atoms with Gasteiger partial charge in [0.15, 0.2) is 0 Å². The third kappa shape index (κ3) is 5.44. The van der Waals surface area contributed by atoms with Crippen LogP contribution < -0.4 is 4.74 Å². The minimum atomic E-state index is -0.698. The van der Waals surface area contributed by atoms with E-state index in [0.29, 0.717) is 17.9 Å². The van der Waals surface area contributed by atoms with Crippen molar-refractivity contribution in [3.05, 3.63) is 78.1 Å². The van der Waals surface area contributed by atoms with Crippen molar-refractivity contribution >= 4 is 6.16 Å². The fraction of sp³-hybridized carbons (Fsp3) is 0.240. The SMILES string of the molecule is CCCOC(=O)Oc1ccc(-c2ccc(-c3ccc(CCC)cc3F)cc2)cc1. The molecule has 3 nitrogen and oxygen atoms in total. The van der Waals surface area contributed by atoms with E-state index in [2.05, 4.69) is 6.92 Å². The molecule has 0 amide bonds. The molecule has 0 saturated carbocycles. The first-order chi connectivity index (χ1) is 14.1. The summed E-state index contributed by atoms with van der Waals surface area (Å²) in [5.41, 5.74) is 4.44. The molecule has 0 fully saturated rings. The van der Waals surface area contributed by atoms with Crippen LogP contribution in [-0.2, 0) is 11.2 Å². The molecule has 29 heavy (non-hydrogen) atoms. The molecule has 0 radical (unpaired) electrons. The van der Waals surface area contributed by atoms with Crippen molar-refractivity contribution in [3.63, 3.8) is 0 Å². The first kappa shape index (κ1) is 20.6. The second-order valence-corrected chi connectivity index (χ2v) is 6.87. The number of hydrogen-bond acceptors (Lipinski definition) is 3. The summed E-state index contributed by atoms with van der Waals surface area (Å²) in [5.74, 6) is 0.237. The van der Waals surface area contributed by atoms with Crippen LogP contribution in [0, 0.1) is 5.82 Å². The van der Waals surface area contributed by atoms with Crippen LogP contribution >= 0.6 is 0 Å². The van der Waals surface area contributed by atoms with Gasteiger partial charge in [-0.05, 0) is 53.3 Å². The van der Waals surface area contributed by atoms with Crippen LogP contribution in [0.2, 0.25) is 0 Å². The molecule has 0 aliphatic heterocycles. The van der Waals surface area contributed by atoms with Gasteiger partial charge in [-0.25, -0.2) is 9.18 Å². The number of benzene rings is 3. The van der Waals surface area contributed by atoms with Gasteiger partial charge in [0, 0.05) is 5.56 Å². The van der Waals surface area contributed by atoms with Crippen molar-refractivity contribution in [2.24, 2.45) is 0 Å². The highest BCUT2D eigenvalue weighted by Gasteiger charge is 2.08. The Kier molecular flexibility index (Phi) is 7.01. The number of ether oxygens (including phenoxy) is 2. The van der Waals surface area contributed by atoms with Crippen LogP contribution in [0.3, 0.4) is 0 Å². The van der Waals surface area contributed by atoms with Crippen LogP contribution in [0.5, 0.6) is 5.75 Å². The van der Waals surface area contributed by atoms with Crippen LogP contribution in [0.15, 0.2) is 66.7 Å². The van der Waals surface area contributed by atoms with E-state index in [9.17, 15) is 9.18 Å². The molecule has 0 aliphatic rings. The lowest BCUT2D eigenvalue weighted by atomic mass is 9.98. The van der Waals surface area contributed by atoms with E-state index in [1.54, 1.807) is 18.2 Å². The number of hydrogen-bond donors (Lipinski definition) is 0. The molecule has 0 aromatic heterocycles. The fourth-order valence-electron chi connectivity index (χ4n) is 3.11. The van der Waals surface area contributed by atoms with E-state index < -0.39 is 6.16 Å². The van der Waals surface area contributed by atoms with Crippen molar-refractivity contribution in [3.8, 4) is 28.0 Å². The van der Waals surface area contributed by atoms with Gasteiger partial charge in [0.05, 0.1) is 6.61 Å². The maximum absolute atomic E-state index is 14.5. The predicted molar refractivity (Wildman–Crippen MR) is 114 cm³/mol. The average molecular weight is 392 g/mol. The summed E-state index contributed by atoms with van der Waals surface area (Å²) >= 11 is 0. The Morgan fingerprint density at radius 3 is 2.03 bits per heavy atom. The molecule has 4 heteroatoms. The van der Waals surface area contributed by atoms with E-state index >= 15 is 0 Å². The molecule has 3 aromatic rings. The lowest BCUT2D eigenvalue weighted by Gasteiger charge is -2.09. The molecular formula is C25H25FO3. The van der Waals surface area contributed by atoms with E-state index in [1.807, 2.05) is 55.5 Å². The maximum Gasteiger partial charge on any atom is 0.513 e.